The summed E-state index contributed by atoms with van der Waals surface area (Å²) in [7, 11) is 0. The minimum Gasteiger partial charge on any atom is -0.780 e. The summed E-state index contributed by atoms with van der Waals surface area (Å²) in [6.45, 7) is 9.19. The molecule has 2 N–H and O–H groups in total. The number of hydrogen-bond acceptors (Lipinski definition) is 14. The van der Waals surface area contributed by atoms with Gasteiger partial charge >= 0.3 is 0 Å². The van der Waals surface area contributed by atoms with Gasteiger partial charge in [-0.15, -0.1) is 5.10 Å². The number of nitrogens with one attached hydrogen (secondary N) is 2. The van der Waals surface area contributed by atoms with Crippen LogP contribution in [0, 0.1) is 5.92 Å². The van der Waals surface area contributed by atoms with Crippen molar-refractivity contribution in [3.63, 3.8) is 0 Å². The van der Waals surface area contributed by atoms with Crippen LogP contribution in [0.2, 0.25) is 0 Å². The number of amides is 3. The molecule has 19 heteroatoms. The van der Waals surface area contributed by atoms with Crippen molar-refractivity contribution in [2.75, 3.05) is 77.5 Å². The van der Waals surface area contributed by atoms with Crippen LogP contribution in [0.4, 0.5) is 5.69 Å². The molecule has 1 aliphatic rings. The van der Waals surface area contributed by atoms with Gasteiger partial charge in [-0.1, -0.05) is 92.6 Å². The standard InChI is InChI=1S/C48H73N6O11PS/c1-37(2)43(55)23-28-60-30-32-62-34-35-63-33-31-61-29-25-50-45(57)21-22-46(58)53-36-39-16-9-10-17-40(39)48-47(41-18-11-12-19-42(41)53)51-52-54(48)26-14-7-8-20-44(56)49-24-13-5-6-15-27-64-66(59,67)65-38(3)4/h9-12,16-19,37-38H,5-8,13-15,20-36H2,1-4H3,(H,49,56)(H,50,57)(H,59,67)/p-1. The first-order chi connectivity index (χ1) is 32.4. The average Bonchev–Trinajstić information content (AvgIpc) is 3.71. The number of para-hydroxylation sites is 1. The van der Waals surface area contributed by atoms with Crippen LogP contribution in [0.5, 0.6) is 0 Å². The third-order valence-corrected chi connectivity index (χ3v) is 12.5. The zero-order valence-corrected chi connectivity index (χ0v) is 41.6. The Bertz CT molecular complexity index is 2020. The van der Waals surface area contributed by atoms with E-state index < -0.39 is 6.72 Å². The molecule has 0 aliphatic carbocycles. The van der Waals surface area contributed by atoms with Crippen molar-refractivity contribution in [2.45, 2.75) is 118 Å². The quantitative estimate of drug-likeness (QED) is 0.0491. The lowest BCUT2D eigenvalue weighted by atomic mass is 9.95. The lowest BCUT2D eigenvalue weighted by molar-refractivity contribution is -0.209. The summed E-state index contributed by atoms with van der Waals surface area (Å²) in [5, 5.41) is 15.1. The van der Waals surface area contributed by atoms with Gasteiger partial charge in [0.15, 0.2) is 0 Å². The molecule has 1 unspecified atom stereocenters. The summed E-state index contributed by atoms with van der Waals surface area (Å²) < 4.78 is 34.3. The van der Waals surface area contributed by atoms with Crippen LogP contribution >= 0.6 is 6.72 Å². The van der Waals surface area contributed by atoms with E-state index in [0.717, 1.165) is 67.3 Å². The summed E-state index contributed by atoms with van der Waals surface area (Å²) >= 11 is 4.88. The van der Waals surface area contributed by atoms with Crippen molar-refractivity contribution < 1.29 is 52.1 Å². The first-order valence-electron chi connectivity index (χ1n) is 23.8. The van der Waals surface area contributed by atoms with E-state index in [4.69, 9.17) is 39.8 Å². The molecule has 1 atom stereocenters. The fourth-order valence-electron chi connectivity index (χ4n) is 7.21. The highest BCUT2D eigenvalue weighted by molar-refractivity contribution is 8.06. The number of fused-ring (bicyclic) bond motifs is 5. The van der Waals surface area contributed by atoms with Gasteiger partial charge < -0.3 is 48.4 Å². The van der Waals surface area contributed by atoms with Gasteiger partial charge in [-0.3, -0.25) is 19.2 Å². The number of carbonyl (C=O) groups excluding carboxylic acids is 4. The van der Waals surface area contributed by atoms with Gasteiger partial charge in [0.1, 0.15) is 18.2 Å². The van der Waals surface area contributed by atoms with Crippen molar-refractivity contribution in [1.29, 1.82) is 0 Å². The molecule has 2 heterocycles. The van der Waals surface area contributed by atoms with Gasteiger partial charge in [-0.25, -0.2) is 4.68 Å². The lowest BCUT2D eigenvalue weighted by Gasteiger charge is -2.29. The smallest absolute Gasteiger partial charge is 0.227 e. The van der Waals surface area contributed by atoms with Crippen LogP contribution in [0.3, 0.4) is 0 Å². The van der Waals surface area contributed by atoms with E-state index in [2.05, 4.69) is 20.9 Å². The zero-order valence-electron chi connectivity index (χ0n) is 39.9. The van der Waals surface area contributed by atoms with Crippen LogP contribution in [0.15, 0.2) is 48.5 Å². The van der Waals surface area contributed by atoms with Crippen molar-refractivity contribution in [2.24, 2.45) is 5.92 Å². The number of anilines is 1. The molecule has 0 spiro atoms. The summed E-state index contributed by atoms with van der Waals surface area (Å²) in [5.41, 5.74) is 4.92. The van der Waals surface area contributed by atoms with Crippen molar-refractivity contribution in [3.8, 4) is 22.5 Å². The summed E-state index contributed by atoms with van der Waals surface area (Å²) in [4.78, 5) is 64.5. The van der Waals surface area contributed by atoms with E-state index in [-0.39, 0.29) is 48.4 Å². The van der Waals surface area contributed by atoms with Gasteiger partial charge in [-0.2, -0.15) is 0 Å². The molecule has 3 amide bonds. The van der Waals surface area contributed by atoms with Crippen LogP contribution in [-0.2, 0) is 72.1 Å². The fraction of sp³-hybridized carbons (Fsp3) is 0.625. The molecule has 0 fully saturated rings. The monoisotopic (exact) mass is 971 g/mol. The molecule has 1 aromatic heterocycles. The molecular weight excluding hydrogens is 900 g/mol. The SMILES string of the molecule is CC(C)OP([O-])(=S)OCCCCCCNC(=O)CCCCCn1nnc2c1-c1ccccc1CN(C(=O)CCC(=O)NCCOCCOCCOCCOCCC(=O)C(C)C)c1ccccc1-2. The minimum atomic E-state index is -3.42. The molecule has 0 radical (unpaired) electrons. The molecule has 1 aliphatic heterocycles. The Hall–Kier alpha value is -3.97. The Morgan fingerprint density at radius 3 is 2.01 bits per heavy atom. The highest BCUT2D eigenvalue weighted by Gasteiger charge is 2.29. The minimum absolute atomic E-state index is 0.0215. The Labute approximate surface area is 401 Å². The Kier molecular flexibility index (Phi) is 25.9. The molecule has 0 saturated carbocycles. The first-order valence-corrected chi connectivity index (χ1v) is 26.3. The predicted octanol–water partition coefficient (Wildman–Crippen LogP) is 6.30. The maximum Gasteiger partial charge on any atom is 0.227 e. The van der Waals surface area contributed by atoms with E-state index in [0.29, 0.717) is 110 Å². The van der Waals surface area contributed by atoms with Crippen LogP contribution < -0.4 is 20.4 Å². The van der Waals surface area contributed by atoms with Gasteiger partial charge in [0.2, 0.25) is 17.7 Å². The van der Waals surface area contributed by atoms with Crippen LogP contribution in [0.1, 0.15) is 104 Å². The van der Waals surface area contributed by atoms with Gasteiger partial charge in [-0.05, 0) is 51.2 Å². The molecule has 17 nitrogen and oxygen atoms in total. The predicted molar refractivity (Wildman–Crippen MR) is 258 cm³/mol. The summed E-state index contributed by atoms with van der Waals surface area (Å²) in [6.07, 6.45) is 6.43. The second-order valence-corrected chi connectivity index (χ2v) is 19.5. The zero-order chi connectivity index (χ0) is 48.3. The molecular formula is C48H72N6O11PS-. The average molecular weight is 972 g/mol. The highest BCUT2D eigenvalue weighted by atomic mass is 32.5. The van der Waals surface area contributed by atoms with E-state index in [1.807, 2.05) is 67.1 Å². The third kappa shape index (κ3) is 21.1. The molecule has 4 rings (SSSR count). The number of aromatic nitrogens is 3. The number of rotatable bonds is 35. The number of hydrogen-bond donors (Lipinski definition) is 2. The second kappa shape index (κ2) is 31.2. The fourth-order valence-corrected chi connectivity index (χ4v) is 8.88. The maximum absolute atomic E-state index is 13.9. The van der Waals surface area contributed by atoms with E-state index in [9.17, 15) is 24.1 Å². The first kappa shape index (κ1) is 55.6. The normalized spacial score (nSPS) is 13.1. The van der Waals surface area contributed by atoms with Crippen molar-refractivity contribution >= 4 is 47.7 Å². The van der Waals surface area contributed by atoms with Gasteiger partial charge in [0.05, 0.1) is 83.5 Å². The Balaban J connectivity index is 1.14. The molecule has 67 heavy (non-hydrogen) atoms. The Morgan fingerprint density at radius 1 is 0.687 bits per heavy atom. The number of Topliss-reactive ketones (excluding diaryl/α,β-unsaturated/α-hetero) is 1. The Morgan fingerprint density at radius 2 is 1.30 bits per heavy atom. The van der Waals surface area contributed by atoms with E-state index in [1.54, 1.807) is 18.7 Å². The molecule has 0 bridgehead atoms. The topological polar surface area (TPSA) is 205 Å². The number of benzene rings is 2. The molecule has 372 valence electrons. The van der Waals surface area contributed by atoms with Crippen molar-refractivity contribution in [3.05, 3.63) is 54.1 Å². The number of nitrogens with zero attached hydrogens (tertiary/aromatic N) is 4. The molecule has 2 aromatic carbocycles. The molecule has 3 aromatic rings. The maximum atomic E-state index is 13.9. The summed E-state index contributed by atoms with van der Waals surface area (Å²) in [6, 6.07) is 15.6. The lowest BCUT2D eigenvalue weighted by Crippen LogP contribution is -2.34. The number of unbranched alkanes of at least 4 members (excludes halogenated alkanes) is 5. The number of aryl methyl sites for hydroxylation is 1. The van der Waals surface area contributed by atoms with E-state index in [1.165, 1.54) is 0 Å². The van der Waals surface area contributed by atoms with Crippen molar-refractivity contribution in [1.82, 2.24) is 25.6 Å². The number of ketones is 1. The molecule has 0 saturated heterocycles. The van der Waals surface area contributed by atoms with Gasteiger partial charge in [0, 0.05) is 62.4 Å². The van der Waals surface area contributed by atoms with Crippen LogP contribution in [0.25, 0.3) is 22.5 Å². The van der Waals surface area contributed by atoms with E-state index >= 15 is 0 Å². The number of ether oxygens (including phenoxy) is 4. The third-order valence-electron chi connectivity index (χ3n) is 10.7. The summed E-state index contributed by atoms with van der Waals surface area (Å²) in [5.74, 6) is -0.166. The van der Waals surface area contributed by atoms with Gasteiger partial charge in [0.25, 0.3) is 0 Å². The van der Waals surface area contributed by atoms with Crippen LogP contribution in [-0.4, -0.2) is 117 Å². The second-order valence-electron chi connectivity index (χ2n) is 16.8. The number of carbonyl (C=O) groups is 4. The largest absolute Gasteiger partial charge is 0.780 e. The highest BCUT2D eigenvalue weighted by Crippen LogP contribution is 2.42.